The van der Waals surface area contributed by atoms with Crippen LogP contribution in [0.1, 0.15) is 105 Å². The van der Waals surface area contributed by atoms with E-state index in [1.807, 2.05) is 46.9 Å². The van der Waals surface area contributed by atoms with Gasteiger partial charge in [0, 0.05) is 25.3 Å². The van der Waals surface area contributed by atoms with Crippen LogP contribution in [-0.2, 0) is 0 Å². The van der Waals surface area contributed by atoms with Gasteiger partial charge in [0.25, 0.3) is 0 Å². The van der Waals surface area contributed by atoms with Crippen LogP contribution in [0.2, 0.25) is 0 Å². The third-order valence-corrected chi connectivity index (χ3v) is 6.03. The highest BCUT2D eigenvalue weighted by molar-refractivity contribution is 5.46. The molecule has 0 bridgehead atoms. The van der Waals surface area contributed by atoms with Gasteiger partial charge in [-0.15, -0.1) is 0 Å². The third-order valence-electron chi connectivity index (χ3n) is 6.03. The second-order valence-corrected chi connectivity index (χ2v) is 8.70. The number of aryl methyl sites for hydroxylation is 1. The lowest BCUT2D eigenvalue weighted by Gasteiger charge is -2.35. The SMILES string of the molecule is CC.CC.CC1(O)CCCCC1.CCN(c1ncccc1C)C(C)CN1CCCCC1. The van der Waals surface area contributed by atoms with E-state index in [2.05, 4.69) is 41.6 Å². The number of hydrogen-bond donors (Lipinski definition) is 1. The van der Waals surface area contributed by atoms with Gasteiger partial charge in [-0.05, 0) is 78.1 Å². The standard InChI is InChI=1S/C16H27N3.C7H14O.2C2H6/c1-4-19(16-14(2)9-8-10-17-16)15(3)13-18-11-6-5-7-12-18;1-7(8)5-3-2-4-6-7;2*1-2/h8-10,15H,4-7,11-13H2,1-3H3;8H,2-6H2,1H3;2*1-2H3. The molecule has 1 aromatic heterocycles. The Morgan fingerprint density at radius 2 is 1.58 bits per heavy atom. The average molecular weight is 436 g/mol. The fourth-order valence-electron chi connectivity index (χ4n) is 4.38. The molecule has 0 aromatic carbocycles. The van der Waals surface area contributed by atoms with Crippen LogP contribution in [0.15, 0.2) is 18.3 Å². The van der Waals surface area contributed by atoms with Crippen molar-refractivity contribution in [3.8, 4) is 0 Å². The highest BCUT2D eigenvalue weighted by Crippen LogP contribution is 2.26. The van der Waals surface area contributed by atoms with Gasteiger partial charge in [-0.2, -0.15) is 0 Å². The largest absolute Gasteiger partial charge is 0.390 e. The van der Waals surface area contributed by atoms with Gasteiger partial charge in [0.1, 0.15) is 5.82 Å². The van der Waals surface area contributed by atoms with Gasteiger partial charge in [0.05, 0.1) is 5.60 Å². The first-order valence-corrected chi connectivity index (χ1v) is 13.1. The molecule has 1 saturated heterocycles. The van der Waals surface area contributed by atoms with E-state index in [-0.39, 0.29) is 5.60 Å². The normalized spacial score (nSPS) is 18.7. The summed E-state index contributed by atoms with van der Waals surface area (Å²) in [4.78, 5) is 9.61. The molecule has 1 aliphatic heterocycles. The van der Waals surface area contributed by atoms with Crippen molar-refractivity contribution >= 4 is 5.82 Å². The minimum atomic E-state index is -0.321. The van der Waals surface area contributed by atoms with Crippen molar-refractivity contribution in [2.45, 2.75) is 118 Å². The Labute approximate surface area is 194 Å². The molecule has 0 spiro atoms. The third kappa shape index (κ3) is 11.9. The molecule has 1 unspecified atom stereocenters. The summed E-state index contributed by atoms with van der Waals surface area (Å²) in [5.74, 6) is 1.15. The number of pyridine rings is 1. The van der Waals surface area contributed by atoms with E-state index < -0.39 is 0 Å². The zero-order chi connectivity index (χ0) is 23.7. The highest BCUT2D eigenvalue weighted by Gasteiger charge is 2.22. The Bertz CT molecular complexity index is 533. The van der Waals surface area contributed by atoms with Crippen molar-refractivity contribution < 1.29 is 5.11 Å². The van der Waals surface area contributed by atoms with E-state index in [4.69, 9.17) is 0 Å². The summed E-state index contributed by atoms with van der Waals surface area (Å²) in [6.07, 6.45) is 11.8. The summed E-state index contributed by atoms with van der Waals surface area (Å²) in [5.41, 5.74) is 0.952. The number of likely N-dealkylation sites (N-methyl/N-ethyl adjacent to an activating group) is 1. The average Bonchev–Trinajstić information content (AvgIpc) is 2.79. The molecule has 3 rings (SSSR count). The number of aliphatic hydroxyl groups is 1. The number of anilines is 1. The van der Waals surface area contributed by atoms with E-state index in [0.717, 1.165) is 31.7 Å². The lowest BCUT2D eigenvalue weighted by Crippen LogP contribution is -2.44. The highest BCUT2D eigenvalue weighted by atomic mass is 16.3. The second-order valence-electron chi connectivity index (χ2n) is 8.70. The molecule has 31 heavy (non-hydrogen) atoms. The summed E-state index contributed by atoms with van der Waals surface area (Å²) in [6.45, 7) is 21.3. The minimum Gasteiger partial charge on any atom is -0.390 e. The van der Waals surface area contributed by atoms with Crippen LogP contribution in [0.4, 0.5) is 5.82 Å². The van der Waals surface area contributed by atoms with Gasteiger partial charge in [0.2, 0.25) is 0 Å². The predicted octanol–water partition coefficient (Wildman–Crippen LogP) is 6.84. The Balaban J connectivity index is 0.000000625. The summed E-state index contributed by atoms with van der Waals surface area (Å²) >= 11 is 0. The number of nitrogens with zero attached hydrogens (tertiary/aromatic N) is 3. The van der Waals surface area contributed by atoms with Crippen LogP contribution >= 0.6 is 0 Å². The molecule has 0 radical (unpaired) electrons. The zero-order valence-corrected chi connectivity index (χ0v) is 22.1. The van der Waals surface area contributed by atoms with E-state index in [0.29, 0.717) is 6.04 Å². The molecule has 1 saturated carbocycles. The first kappa shape index (κ1) is 29.9. The summed E-state index contributed by atoms with van der Waals surface area (Å²) in [6, 6.07) is 4.69. The Hall–Kier alpha value is -1.13. The molecule has 1 aromatic rings. The number of hydrogen-bond acceptors (Lipinski definition) is 4. The lowest BCUT2D eigenvalue weighted by atomic mass is 9.87. The molecular formula is C27H53N3O. The van der Waals surface area contributed by atoms with Crippen LogP contribution in [0, 0.1) is 6.92 Å². The van der Waals surface area contributed by atoms with Gasteiger partial charge in [-0.25, -0.2) is 4.98 Å². The van der Waals surface area contributed by atoms with Crippen molar-refractivity contribution in [3.63, 3.8) is 0 Å². The van der Waals surface area contributed by atoms with Gasteiger partial charge < -0.3 is 14.9 Å². The molecule has 1 aliphatic carbocycles. The van der Waals surface area contributed by atoms with E-state index >= 15 is 0 Å². The summed E-state index contributed by atoms with van der Waals surface area (Å²) in [7, 11) is 0. The summed E-state index contributed by atoms with van der Waals surface area (Å²) in [5, 5.41) is 9.37. The molecule has 0 amide bonds. The maximum atomic E-state index is 9.37. The van der Waals surface area contributed by atoms with Crippen LogP contribution in [0.5, 0.6) is 0 Å². The van der Waals surface area contributed by atoms with Crippen LogP contribution in [0.3, 0.4) is 0 Å². The molecule has 1 N–H and O–H groups in total. The van der Waals surface area contributed by atoms with Gasteiger partial charge in [-0.1, -0.05) is 59.4 Å². The van der Waals surface area contributed by atoms with Crippen molar-refractivity contribution in [2.75, 3.05) is 31.1 Å². The fraction of sp³-hybridized carbons (Fsp3) is 0.815. The number of piperidine rings is 1. The molecule has 4 nitrogen and oxygen atoms in total. The molecule has 2 aliphatic rings. The van der Waals surface area contributed by atoms with Gasteiger partial charge in [0.15, 0.2) is 0 Å². The maximum Gasteiger partial charge on any atom is 0.131 e. The van der Waals surface area contributed by atoms with E-state index in [1.54, 1.807) is 0 Å². The molecule has 1 atom stereocenters. The molecule has 2 fully saturated rings. The van der Waals surface area contributed by atoms with Crippen molar-refractivity contribution in [3.05, 3.63) is 23.9 Å². The molecule has 182 valence electrons. The van der Waals surface area contributed by atoms with Gasteiger partial charge >= 0.3 is 0 Å². The van der Waals surface area contributed by atoms with Crippen molar-refractivity contribution in [1.29, 1.82) is 0 Å². The second kappa shape index (κ2) is 17.4. The van der Waals surface area contributed by atoms with Crippen LogP contribution < -0.4 is 4.90 Å². The zero-order valence-electron chi connectivity index (χ0n) is 22.1. The predicted molar refractivity (Wildman–Crippen MR) is 138 cm³/mol. The Kier molecular flexibility index (Phi) is 16.8. The van der Waals surface area contributed by atoms with Crippen LogP contribution in [0.25, 0.3) is 0 Å². The molecule has 4 heteroatoms. The number of rotatable bonds is 5. The van der Waals surface area contributed by atoms with Crippen molar-refractivity contribution in [2.24, 2.45) is 0 Å². The van der Waals surface area contributed by atoms with E-state index in [9.17, 15) is 5.11 Å². The first-order valence-electron chi connectivity index (χ1n) is 13.1. The fourth-order valence-corrected chi connectivity index (χ4v) is 4.38. The number of likely N-dealkylation sites (tertiary alicyclic amines) is 1. The smallest absolute Gasteiger partial charge is 0.131 e. The Morgan fingerprint density at radius 3 is 2.03 bits per heavy atom. The number of aromatic nitrogens is 1. The first-order chi connectivity index (χ1) is 14.9. The van der Waals surface area contributed by atoms with Gasteiger partial charge in [-0.3, -0.25) is 0 Å². The quantitative estimate of drug-likeness (QED) is 0.549. The monoisotopic (exact) mass is 435 g/mol. The van der Waals surface area contributed by atoms with E-state index in [1.165, 1.54) is 57.2 Å². The Morgan fingerprint density at radius 1 is 1.03 bits per heavy atom. The topological polar surface area (TPSA) is 39.6 Å². The molecule has 2 heterocycles. The minimum absolute atomic E-state index is 0.321. The summed E-state index contributed by atoms with van der Waals surface area (Å²) < 4.78 is 0. The lowest BCUT2D eigenvalue weighted by molar-refractivity contribution is 0.0225. The maximum absolute atomic E-state index is 9.37. The molecular weight excluding hydrogens is 382 g/mol. The van der Waals surface area contributed by atoms with Crippen molar-refractivity contribution in [1.82, 2.24) is 9.88 Å². The van der Waals surface area contributed by atoms with Crippen LogP contribution in [-0.4, -0.2) is 52.8 Å².